The molecule has 1 aromatic rings. The average molecular weight is 248 g/mol. The van der Waals surface area contributed by atoms with E-state index in [4.69, 9.17) is 9.15 Å². The Bertz CT molecular complexity index is 519. The standard InChI is InChI=1S/C13H16O3Si/c1-17(2,3)11-4-8-5-15-6-9(8)10-7-16-13(14)12(10)11/h5-6,11H,4,7H2,1-3H3/t11-/m1/s1. The molecule has 2 aliphatic rings. The fraction of sp³-hybridized carbons (Fsp3) is 0.462. The van der Waals surface area contributed by atoms with E-state index in [1.54, 1.807) is 6.26 Å². The van der Waals surface area contributed by atoms with Crippen molar-refractivity contribution in [2.75, 3.05) is 6.61 Å². The highest BCUT2D eigenvalue weighted by Crippen LogP contribution is 2.46. The highest BCUT2D eigenvalue weighted by atomic mass is 28.3. The van der Waals surface area contributed by atoms with Crippen molar-refractivity contribution in [2.24, 2.45) is 0 Å². The van der Waals surface area contributed by atoms with E-state index in [2.05, 4.69) is 19.6 Å². The Labute approximate surface area is 101 Å². The molecule has 3 rings (SSSR count). The van der Waals surface area contributed by atoms with Crippen LogP contribution in [0, 0.1) is 0 Å². The number of fused-ring (bicyclic) bond motifs is 2. The Morgan fingerprint density at radius 1 is 1.29 bits per heavy atom. The summed E-state index contributed by atoms with van der Waals surface area (Å²) in [6.45, 7) is 7.33. The summed E-state index contributed by atoms with van der Waals surface area (Å²) in [6.07, 6.45) is 4.48. The Hall–Kier alpha value is -1.29. The largest absolute Gasteiger partial charge is 0.472 e. The topological polar surface area (TPSA) is 39.4 Å². The van der Waals surface area contributed by atoms with E-state index in [9.17, 15) is 4.79 Å². The third-order valence-corrected chi connectivity index (χ3v) is 6.36. The van der Waals surface area contributed by atoms with Crippen LogP contribution >= 0.6 is 0 Å². The summed E-state index contributed by atoms with van der Waals surface area (Å²) in [6, 6.07) is 0. The van der Waals surface area contributed by atoms with Crippen LogP contribution in [-0.2, 0) is 16.0 Å². The summed E-state index contributed by atoms with van der Waals surface area (Å²) in [7, 11) is -1.43. The third-order valence-electron chi connectivity index (χ3n) is 3.78. The van der Waals surface area contributed by atoms with Crippen molar-refractivity contribution in [3.05, 3.63) is 29.2 Å². The van der Waals surface area contributed by atoms with Gasteiger partial charge in [-0.15, -0.1) is 0 Å². The number of hydrogen-bond donors (Lipinski definition) is 0. The molecule has 0 bridgehead atoms. The molecule has 0 aromatic carbocycles. The fourth-order valence-corrected chi connectivity index (χ4v) is 4.79. The summed E-state index contributed by atoms with van der Waals surface area (Å²) < 4.78 is 10.5. The lowest BCUT2D eigenvalue weighted by Crippen LogP contribution is -2.34. The predicted octanol–water partition coefficient (Wildman–Crippen LogP) is 2.85. The second-order valence-electron chi connectivity index (χ2n) is 5.90. The Kier molecular flexibility index (Phi) is 2.14. The number of furan rings is 1. The molecule has 0 fully saturated rings. The van der Waals surface area contributed by atoms with Gasteiger partial charge < -0.3 is 9.15 Å². The molecule has 0 radical (unpaired) electrons. The number of rotatable bonds is 1. The molecule has 4 heteroatoms. The maximum Gasteiger partial charge on any atom is 0.334 e. The van der Waals surface area contributed by atoms with Crippen LogP contribution in [0.25, 0.3) is 5.57 Å². The third kappa shape index (κ3) is 1.51. The number of ether oxygens (including phenoxy) is 1. The van der Waals surface area contributed by atoms with Gasteiger partial charge in [0.15, 0.2) is 0 Å². The normalized spacial score (nSPS) is 23.5. The van der Waals surface area contributed by atoms with Gasteiger partial charge in [-0.3, -0.25) is 0 Å². The van der Waals surface area contributed by atoms with Gasteiger partial charge in [0.25, 0.3) is 0 Å². The first-order chi connectivity index (χ1) is 7.98. The molecular formula is C13H16O3Si. The molecule has 0 saturated carbocycles. The SMILES string of the molecule is C[Si](C)(C)[C@@H]1Cc2cocc2C2=C1C(=O)OC2. The Morgan fingerprint density at radius 3 is 2.76 bits per heavy atom. The molecule has 1 aliphatic carbocycles. The van der Waals surface area contributed by atoms with Gasteiger partial charge >= 0.3 is 5.97 Å². The van der Waals surface area contributed by atoms with Crippen molar-refractivity contribution in [3.8, 4) is 0 Å². The smallest absolute Gasteiger partial charge is 0.334 e. The van der Waals surface area contributed by atoms with Crippen molar-refractivity contribution in [2.45, 2.75) is 31.6 Å². The van der Waals surface area contributed by atoms with Crippen molar-refractivity contribution < 1.29 is 13.9 Å². The Balaban J connectivity index is 2.18. The van der Waals surface area contributed by atoms with E-state index in [1.807, 2.05) is 6.26 Å². The second-order valence-corrected chi connectivity index (χ2v) is 11.3. The predicted molar refractivity (Wildman–Crippen MR) is 67.4 cm³/mol. The summed E-state index contributed by atoms with van der Waals surface area (Å²) >= 11 is 0. The van der Waals surface area contributed by atoms with Crippen LogP contribution in [0.5, 0.6) is 0 Å². The monoisotopic (exact) mass is 248 g/mol. The molecule has 0 amide bonds. The van der Waals surface area contributed by atoms with Gasteiger partial charge in [-0.2, -0.15) is 0 Å². The average Bonchev–Trinajstić information content (AvgIpc) is 2.81. The van der Waals surface area contributed by atoms with Crippen LogP contribution in [0.15, 0.2) is 22.5 Å². The lowest BCUT2D eigenvalue weighted by atomic mass is 9.89. The summed E-state index contributed by atoms with van der Waals surface area (Å²) in [5.41, 5.74) is 4.67. The van der Waals surface area contributed by atoms with E-state index in [1.165, 1.54) is 5.56 Å². The zero-order valence-corrected chi connectivity index (χ0v) is 11.4. The zero-order valence-electron chi connectivity index (χ0n) is 10.4. The maximum absolute atomic E-state index is 11.9. The van der Waals surface area contributed by atoms with Crippen LogP contribution < -0.4 is 0 Å². The highest BCUT2D eigenvalue weighted by Gasteiger charge is 2.43. The van der Waals surface area contributed by atoms with E-state index in [0.717, 1.165) is 23.1 Å². The first kappa shape index (κ1) is 10.8. The number of carbonyl (C=O) groups is 1. The summed E-state index contributed by atoms with van der Waals surface area (Å²) in [5.74, 6) is -0.112. The first-order valence-electron chi connectivity index (χ1n) is 5.94. The highest BCUT2D eigenvalue weighted by molar-refractivity contribution is 6.78. The van der Waals surface area contributed by atoms with E-state index < -0.39 is 8.07 Å². The van der Waals surface area contributed by atoms with E-state index >= 15 is 0 Å². The van der Waals surface area contributed by atoms with Gasteiger partial charge in [-0.25, -0.2) is 4.79 Å². The molecule has 2 heterocycles. The van der Waals surface area contributed by atoms with Gasteiger partial charge in [0, 0.05) is 16.7 Å². The second kappa shape index (κ2) is 3.35. The quantitative estimate of drug-likeness (QED) is 0.566. The molecule has 0 N–H and O–H groups in total. The van der Waals surface area contributed by atoms with Gasteiger partial charge in [0.05, 0.1) is 20.6 Å². The summed E-state index contributed by atoms with van der Waals surface area (Å²) in [4.78, 5) is 11.9. The van der Waals surface area contributed by atoms with Crippen molar-refractivity contribution in [3.63, 3.8) is 0 Å². The van der Waals surface area contributed by atoms with Crippen LogP contribution in [0.4, 0.5) is 0 Å². The van der Waals surface area contributed by atoms with Crippen LogP contribution in [-0.4, -0.2) is 20.7 Å². The minimum absolute atomic E-state index is 0.112. The lowest BCUT2D eigenvalue weighted by molar-refractivity contribution is -0.136. The number of carbonyl (C=O) groups excluding carboxylic acids is 1. The van der Waals surface area contributed by atoms with Gasteiger partial charge in [-0.1, -0.05) is 19.6 Å². The molecule has 1 aromatic heterocycles. The number of esters is 1. The van der Waals surface area contributed by atoms with Crippen LogP contribution in [0.2, 0.25) is 25.2 Å². The molecule has 1 aliphatic heterocycles. The Morgan fingerprint density at radius 2 is 2.06 bits per heavy atom. The van der Waals surface area contributed by atoms with Crippen molar-refractivity contribution in [1.82, 2.24) is 0 Å². The van der Waals surface area contributed by atoms with Crippen molar-refractivity contribution in [1.29, 1.82) is 0 Å². The molecule has 0 saturated heterocycles. The van der Waals surface area contributed by atoms with Gasteiger partial charge in [0.1, 0.15) is 6.61 Å². The minimum atomic E-state index is -1.43. The molecule has 3 nitrogen and oxygen atoms in total. The molecular weight excluding hydrogens is 232 g/mol. The fourth-order valence-electron chi connectivity index (χ4n) is 2.80. The first-order valence-corrected chi connectivity index (χ1v) is 9.52. The molecule has 90 valence electrons. The molecule has 1 atom stereocenters. The van der Waals surface area contributed by atoms with Gasteiger partial charge in [0.2, 0.25) is 0 Å². The van der Waals surface area contributed by atoms with E-state index in [0.29, 0.717) is 12.1 Å². The molecule has 17 heavy (non-hydrogen) atoms. The molecule has 0 unspecified atom stereocenters. The van der Waals surface area contributed by atoms with Crippen LogP contribution in [0.3, 0.4) is 0 Å². The summed E-state index contributed by atoms with van der Waals surface area (Å²) in [5, 5.41) is 0. The minimum Gasteiger partial charge on any atom is -0.472 e. The lowest BCUT2D eigenvalue weighted by Gasteiger charge is -2.32. The number of hydrogen-bond acceptors (Lipinski definition) is 3. The zero-order chi connectivity index (χ0) is 12.2. The van der Waals surface area contributed by atoms with Crippen molar-refractivity contribution >= 4 is 19.6 Å². The molecule has 0 spiro atoms. The maximum atomic E-state index is 11.9. The van der Waals surface area contributed by atoms with Gasteiger partial charge in [-0.05, 0) is 17.5 Å². The number of cyclic esters (lactones) is 1. The van der Waals surface area contributed by atoms with E-state index in [-0.39, 0.29) is 5.97 Å². The van der Waals surface area contributed by atoms with Crippen LogP contribution in [0.1, 0.15) is 11.1 Å².